The van der Waals surface area contributed by atoms with E-state index in [1.165, 1.54) is 0 Å². The predicted molar refractivity (Wildman–Crippen MR) is 99.0 cm³/mol. The van der Waals surface area contributed by atoms with Gasteiger partial charge in [-0.15, -0.1) is 5.10 Å². The summed E-state index contributed by atoms with van der Waals surface area (Å²) in [5, 5.41) is 14.5. The third kappa shape index (κ3) is 4.95. The minimum Gasteiger partial charge on any atom is -0.493 e. The van der Waals surface area contributed by atoms with E-state index < -0.39 is 0 Å². The fraction of sp³-hybridized carbons (Fsp3) is 0.500. The van der Waals surface area contributed by atoms with Crippen molar-refractivity contribution in [2.24, 2.45) is 0 Å². The van der Waals surface area contributed by atoms with E-state index in [-0.39, 0.29) is 6.10 Å². The van der Waals surface area contributed by atoms with Crippen molar-refractivity contribution in [3.8, 4) is 11.5 Å². The highest BCUT2D eigenvalue weighted by atomic mass is 16.5. The first-order valence-corrected chi connectivity index (χ1v) is 8.78. The summed E-state index contributed by atoms with van der Waals surface area (Å²) in [5.41, 5.74) is 1.13. The molecule has 1 atom stereocenters. The highest BCUT2D eigenvalue weighted by molar-refractivity contribution is 5.43. The summed E-state index contributed by atoms with van der Waals surface area (Å²) in [6, 6.07) is 5.89. The average molecular weight is 359 g/mol. The van der Waals surface area contributed by atoms with Gasteiger partial charge < -0.3 is 24.8 Å². The minimum atomic E-state index is 0.256. The molecule has 1 aliphatic heterocycles. The molecular weight excluding hydrogens is 334 g/mol. The second-order valence-electron chi connectivity index (χ2n) is 6.05. The van der Waals surface area contributed by atoms with Gasteiger partial charge in [0.15, 0.2) is 17.3 Å². The molecule has 0 aliphatic carbocycles. The molecule has 1 fully saturated rings. The molecule has 26 heavy (non-hydrogen) atoms. The molecule has 1 aromatic heterocycles. The Morgan fingerprint density at radius 3 is 2.85 bits per heavy atom. The molecule has 0 bridgehead atoms. The SMILES string of the molecule is COc1ccc(CCNc2nncc(NCC3CCCO3)n2)cc1OC. The van der Waals surface area contributed by atoms with Crippen LogP contribution in [0, 0.1) is 0 Å². The Bertz CT molecular complexity index is 707. The maximum absolute atomic E-state index is 5.59. The van der Waals surface area contributed by atoms with Crippen molar-refractivity contribution in [1.82, 2.24) is 15.2 Å². The highest BCUT2D eigenvalue weighted by Crippen LogP contribution is 2.27. The number of nitrogens with one attached hydrogen (secondary N) is 2. The lowest BCUT2D eigenvalue weighted by Crippen LogP contribution is -2.19. The molecule has 8 nitrogen and oxygen atoms in total. The second kappa shape index (κ2) is 9.19. The quantitative estimate of drug-likeness (QED) is 0.704. The fourth-order valence-corrected chi connectivity index (χ4v) is 2.84. The van der Waals surface area contributed by atoms with Crippen LogP contribution in [-0.2, 0) is 11.2 Å². The molecule has 140 valence electrons. The lowest BCUT2D eigenvalue weighted by Gasteiger charge is -2.12. The smallest absolute Gasteiger partial charge is 0.244 e. The van der Waals surface area contributed by atoms with Crippen LogP contribution < -0.4 is 20.1 Å². The topological polar surface area (TPSA) is 90.4 Å². The van der Waals surface area contributed by atoms with Crippen LogP contribution in [0.15, 0.2) is 24.4 Å². The van der Waals surface area contributed by atoms with Gasteiger partial charge in [-0.2, -0.15) is 10.1 Å². The molecule has 3 rings (SSSR count). The van der Waals surface area contributed by atoms with Gasteiger partial charge in [0.2, 0.25) is 5.95 Å². The van der Waals surface area contributed by atoms with Gasteiger partial charge in [0.1, 0.15) is 0 Å². The average Bonchev–Trinajstić information content (AvgIpc) is 3.20. The first kappa shape index (κ1) is 18.2. The monoisotopic (exact) mass is 359 g/mol. The van der Waals surface area contributed by atoms with Crippen LogP contribution in [0.25, 0.3) is 0 Å². The lowest BCUT2D eigenvalue weighted by molar-refractivity contribution is 0.120. The third-order valence-electron chi connectivity index (χ3n) is 4.24. The largest absolute Gasteiger partial charge is 0.493 e. The number of rotatable bonds is 9. The standard InChI is InChI=1S/C18H25N5O3/c1-24-15-6-5-13(10-16(15)25-2)7-8-19-18-22-17(12-21-23-18)20-11-14-4-3-9-26-14/h5-6,10,12,14H,3-4,7-9,11H2,1-2H3,(H2,19,20,22,23). The summed E-state index contributed by atoms with van der Waals surface area (Å²) in [6.45, 7) is 2.27. The van der Waals surface area contributed by atoms with Crippen molar-refractivity contribution in [2.45, 2.75) is 25.4 Å². The summed E-state index contributed by atoms with van der Waals surface area (Å²) >= 11 is 0. The van der Waals surface area contributed by atoms with Crippen LogP contribution in [0.1, 0.15) is 18.4 Å². The number of methoxy groups -OCH3 is 2. The van der Waals surface area contributed by atoms with E-state index in [9.17, 15) is 0 Å². The van der Waals surface area contributed by atoms with Gasteiger partial charge in [-0.25, -0.2) is 0 Å². The van der Waals surface area contributed by atoms with Crippen LogP contribution in [0.5, 0.6) is 11.5 Å². The van der Waals surface area contributed by atoms with Crippen LogP contribution in [0.4, 0.5) is 11.8 Å². The summed E-state index contributed by atoms with van der Waals surface area (Å²) in [4.78, 5) is 4.43. The molecule has 0 saturated carbocycles. The zero-order chi connectivity index (χ0) is 18.2. The number of nitrogens with zero attached hydrogens (tertiary/aromatic N) is 3. The van der Waals surface area contributed by atoms with Crippen molar-refractivity contribution in [3.05, 3.63) is 30.0 Å². The van der Waals surface area contributed by atoms with E-state index in [1.54, 1.807) is 20.4 Å². The molecule has 2 heterocycles. The van der Waals surface area contributed by atoms with E-state index >= 15 is 0 Å². The van der Waals surface area contributed by atoms with E-state index in [4.69, 9.17) is 14.2 Å². The maximum atomic E-state index is 5.59. The number of ether oxygens (including phenoxy) is 3. The van der Waals surface area contributed by atoms with Crippen molar-refractivity contribution >= 4 is 11.8 Å². The Balaban J connectivity index is 1.49. The fourth-order valence-electron chi connectivity index (χ4n) is 2.84. The molecule has 1 aromatic carbocycles. The number of hydrogen-bond donors (Lipinski definition) is 2. The third-order valence-corrected chi connectivity index (χ3v) is 4.24. The normalized spacial score (nSPS) is 16.3. The van der Waals surface area contributed by atoms with E-state index in [0.29, 0.717) is 18.3 Å². The van der Waals surface area contributed by atoms with Gasteiger partial charge in [-0.3, -0.25) is 0 Å². The van der Waals surface area contributed by atoms with Gasteiger partial charge in [0, 0.05) is 19.7 Å². The summed E-state index contributed by atoms with van der Waals surface area (Å²) in [5.74, 6) is 2.65. The molecule has 1 saturated heterocycles. The molecule has 8 heteroatoms. The van der Waals surface area contributed by atoms with Crippen LogP contribution >= 0.6 is 0 Å². The minimum absolute atomic E-state index is 0.256. The Morgan fingerprint density at radius 1 is 1.19 bits per heavy atom. The highest BCUT2D eigenvalue weighted by Gasteiger charge is 2.15. The van der Waals surface area contributed by atoms with Crippen molar-refractivity contribution in [3.63, 3.8) is 0 Å². The lowest BCUT2D eigenvalue weighted by atomic mass is 10.1. The number of hydrogen-bond acceptors (Lipinski definition) is 8. The Hall–Kier alpha value is -2.61. The van der Waals surface area contributed by atoms with Crippen LogP contribution in [0.2, 0.25) is 0 Å². The van der Waals surface area contributed by atoms with Crippen LogP contribution in [-0.4, -0.2) is 55.2 Å². The molecule has 0 amide bonds. The first-order valence-electron chi connectivity index (χ1n) is 8.78. The number of benzene rings is 1. The Kier molecular flexibility index (Phi) is 6.43. The summed E-state index contributed by atoms with van der Waals surface area (Å²) < 4.78 is 16.2. The molecule has 2 N–H and O–H groups in total. The summed E-state index contributed by atoms with van der Waals surface area (Å²) in [6.07, 6.45) is 4.89. The van der Waals surface area contributed by atoms with E-state index in [0.717, 1.165) is 49.5 Å². The van der Waals surface area contributed by atoms with Gasteiger partial charge in [0.05, 0.1) is 26.5 Å². The first-order chi connectivity index (χ1) is 12.8. The molecule has 0 radical (unpaired) electrons. The zero-order valence-corrected chi connectivity index (χ0v) is 15.2. The Labute approximate surface area is 153 Å². The molecule has 0 spiro atoms. The van der Waals surface area contributed by atoms with Crippen LogP contribution in [0.3, 0.4) is 0 Å². The molecule has 2 aromatic rings. The molecule has 1 unspecified atom stereocenters. The Morgan fingerprint density at radius 2 is 2.08 bits per heavy atom. The van der Waals surface area contributed by atoms with Crippen molar-refractivity contribution in [1.29, 1.82) is 0 Å². The number of anilines is 2. The van der Waals surface area contributed by atoms with E-state index in [1.807, 2.05) is 18.2 Å². The van der Waals surface area contributed by atoms with Gasteiger partial charge in [-0.05, 0) is 37.0 Å². The van der Waals surface area contributed by atoms with Crippen molar-refractivity contribution < 1.29 is 14.2 Å². The summed E-state index contributed by atoms with van der Waals surface area (Å²) in [7, 11) is 3.26. The zero-order valence-electron chi connectivity index (χ0n) is 15.2. The number of aromatic nitrogens is 3. The maximum Gasteiger partial charge on any atom is 0.244 e. The van der Waals surface area contributed by atoms with E-state index in [2.05, 4.69) is 25.8 Å². The van der Waals surface area contributed by atoms with Gasteiger partial charge >= 0.3 is 0 Å². The van der Waals surface area contributed by atoms with Crippen molar-refractivity contribution in [2.75, 3.05) is 44.5 Å². The molecular formula is C18H25N5O3. The van der Waals surface area contributed by atoms with Gasteiger partial charge in [-0.1, -0.05) is 6.07 Å². The second-order valence-corrected chi connectivity index (χ2v) is 6.05. The molecule has 1 aliphatic rings. The predicted octanol–water partition coefficient (Wildman–Crippen LogP) is 2.13. The van der Waals surface area contributed by atoms with Gasteiger partial charge in [0.25, 0.3) is 0 Å².